The molecular formula is C28H26N2O5S. The summed E-state index contributed by atoms with van der Waals surface area (Å²) < 4.78 is 12.1. The van der Waals surface area contributed by atoms with Gasteiger partial charge in [-0.15, -0.1) is 0 Å². The second-order valence-corrected chi connectivity index (χ2v) is 10.8. The molecule has 7 nitrogen and oxygen atoms in total. The van der Waals surface area contributed by atoms with E-state index in [4.69, 9.17) is 14.5 Å². The standard InChI is InChI=1S/C28H26N2O5S/c1-14-12-15(2)22-20(13-14)36-28(29-22)30-23(16-8-10-17(11-9-16)27(33)34-3)21-24(31)18-6-4-5-7-19(18)35-25(21)26(30)32/h8-13,18-19,23H,4-7H2,1-3H3. The van der Waals surface area contributed by atoms with Gasteiger partial charge >= 0.3 is 5.97 Å². The van der Waals surface area contributed by atoms with Gasteiger partial charge in [0.15, 0.2) is 16.7 Å². The number of benzene rings is 2. The van der Waals surface area contributed by atoms with Gasteiger partial charge in [-0.3, -0.25) is 14.5 Å². The van der Waals surface area contributed by atoms with Crippen molar-refractivity contribution in [1.29, 1.82) is 0 Å². The quantitative estimate of drug-likeness (QED) is 0.458. The monoisotopic (exact) mass is 502 g/mol. The predicted octanol–water partition coefficient (Wildman–Crippen LogP) is 5.20. The third kappa shape index (κ3) is 3.46. The number of thiazole rings is 1. The van der Waals surface area contributed by atoms with Crippen molar-refractivity contribution in [2.45, 2.75) is 51.7 Å². The summed E-state index contributed by atoms with van der Waals surface area (Å²) in [5.41, 5.74) is 4.53. The molecule has 1 aliphatic carbocycles. The van der Waals surface area contributed by atoms with Crippen molar-refractivity contribution in [1.82, 2.24) is 4.98 Å². The molecule has 8 heteroatoms. The molecule has 2 aromatic carbocycles. The summed E-state index contributed by atoms with van der Waals surface area (Å²) in [4.78, 5) is 46.2. The minimum Gasteiger partial charge on any atom is -0.483 e. The molecule has 3 aliphatic rings. The molecule has 184 valence electrons. The molecule has 3 unspecified atom stereocenters. The zero-order valence-corrected chi connectivity index (χ0v) is 21.2. The van der Waals surface area contributed by atoms with Crippen LogP contribution in [0.1, 0.15) is 58.8 Å². The largest absolute Gasteiger partial charge is 0.483 e. The first-order chi connectivity index (χ1) is 17.4. The highest BCUT2D eigenvalue weighted by molar-refractivity contribution is 7.22. The number of esters is 1. The highest BCUT2D eigenvalue weighted by atomic mass is 32.1. The van der Waals surface area contributed by atoms with Gasteiger partial charge < -0.3 is 9.47 Å². The molecule has 1 aromatic heterocycles. The molecule has 1 fully saturated rings. The average molecular weight is 503 g/mol. The fourth-order valence-electron chi connectivity index (χ4n) is 5.74. The Morgan fingerprint density at radius 1 is 1.11 bits per heavy atom. The summed E-state index contributed by atoms with van der Waals surface area (Å²) >= 11 is 1.44. The van der Waals surface area contributed by atoms with E-state index in [1.165, 1.54) is 18.4 Å². The van der Waals surface area contributed by atoms with E-state index in [0.29, 0.717) is 16.3 Å². The van der Waals surface area contributed by atoms with E-state index in [-0.39, 0.29) is 29.5 Å². The van der Waals surface area contributed by atoms with Crippen molar-refractivity contribution < 1.29 is 23.9 Å². The van der Waals surface area contributed by atoms with Crippen LogP contribution in [-0.4, -0.2) is 35.9 Å². The van der Waals surface area contributed by atoms with E-state index in [9.17, 15) is 14.4 Å². The molecule has 6 rings (SSSR count). The molecule has 2 aliphatic heterocycles. The summed E-state index contributed by atoms with van der Waals surface area (Å²) in [6.45, 7) is 4.04. The van der Waals surface area contributed by atoms with E-state index in [2.05, 4.69) is 12.1 Å². The van der Waals surface area contributed by atoms with Crippen LogP contribution in [0.15, 0.2) is 47.7 Å². The van der Waals surface area contributed by atoms with E-state index < -0.39 is 12.0 Å². The van der Waals surface area contributed by atoms with Gasteiger partial charge in [-0.25, -0.2) is 9.78 Å². The number of carbonyl (C=O) groups excluding carboxylic acids is 3. The molecule has 36 heavy (non-hydrogen) atoms. The third-order valence-electron chi connectivity index (χ3n) is 7.44. The number of anilines is 1. The fraction of sp³-hybridized carbons (Fsp3) is 0.357. The maximum atomic E-state index is 13.9. The number of hydrogen-bond acceptors (Lipinski definition) is 7. The van der Waals surface area contributed by atoms with Crippen LogP contribution >= 0.6 is 11.3 Å². The maximum Gasteiger partial charge on any atom is 0.337 e. The molecule has 0 bridgehead atoms. The lowest BCUT2D eigenvalue weighted by molar-refractivity contribution is -0.131. The zero-order valence-electron chi connectivity index (χ0n) is 20.4. The van der Waals surface area contributed by atoms with E-state index >= 15 is 0 Å². The van der Waals surface area contributed by atoms with Crippen molar-refractivity contribution in [2.75, 3.05) is 12.0 Å². The Hall–Kier alpha value is -3.52. The van der Waals surface area contributed by atoms with Gasteiger partial charge in [0, 0.05) is 0 Å². The van der Waals surface area contributed by atoms with Gasteiger partial charge in [0.05, 0.1) is 40.4 Å². The first-order valence-corrected chi connectivity index (χ1v) is 13.0. The van der Waals surface area contributed by atoms with Crippen LogP contribution in [0.3, 0.4) is 0 Å². The van der Waals surface area contributed by atoms with Crippen molar-refractivity contribution in [2.24, 2.45) is 5.92 Å². The predicted molar refractivity (Wildman–Crippen MR) is 136 cm³/mol. The van der Waals surface area contributed by atoms with Gasteiger partial charge in [-0.05, 0) is 68.0 Å². The number of ether oxygens (including phenoxy) is 2. The van der Waals surface area contributed by atoms with Crippen molar-refractivity contribution in [3.05, 3.63) is 70.0 Å². The zero-order chi connectivity index (χ0) is 25.1. The molecule has 3 atom stereocenters. The Labute approximate surface area is 212 Å². The Morgan fingerprint density at radius 3 is 2.61 bits per heavy atom. The van der Waals surface area contributed by atoms with Gasteiger partial charge in [-0.1, -0.05) is 36.0 Å². The lowest BCUT2D eigenvalue weighted by Crippen LogP contribution is -2.39. The van der Waals surface area contributed by atoms with E-state index in [1.807, 2.05) is 13.8 Å². The minimum atomic E-state index is -0.670. The van der Waals surface area contributed by atoms with Crippen LogP contribution < -0.4 is 4.90 Å². The number of carbonyl (C=O) groups is 3. The number of aryl methyl sites for hydroxylation is 2. The third-order valence-corrected chi connectivity index (χ3v) is 8.44. The maximum absolute atomic E-state index is 13.9. The Balaban J connectivity index is 1.50. The Bertz CT molecular complexity index is 1450. The van der Waals surface area contributed by atoms with Gasteiger partial charge in [0.25, 0.3) is 5.91 Å². The molecule has 0 spiro atoms. The lowest BCUT2D eigenvalue weighted by atomic mass is 9.77. The summed E-state index contributed by atoms with van der Waals surface area (Å²) in [6, 6.07) is 10.3. The first kappa shape index (κ1) is 22.9. The number of rotatable bonds is 3. The molecule has 1 amide bonds. The van der Waals surface area contributed by atoms with Crippen LogP contribution in [-0.2, 0) is 19.1 Å². The molecule has 0 N–H and O–H groups in total. The average Bonchev–Trinajstić information content (AvgIpc) is 3.43. The molecule has 0 radical (unpaired) electrons. The number of hydrogen-bond donors (Lipinski definition) is 0. The fourth-order valence-corrected chi connectivity index (χ4v) is 6.91. The SMILES string of the molecule is COC(=O)c1ccc(C2C3=C(OC4CCCCC4C3=O)C(=O)N2c2nc3c(C)cc(C)cc3s2)cc1. The topological polar surface area (TPSA) is 85.8 Å². The summed E-state index contributed by atoms with van der Waals surface area (Å²) in [7, 11) is 1.33. The van der Waals surface area contributed by atoms with Crippen molar-refractivity contribution in [3.63, 3.8) is 0 Å². The molecule has 1 saturated carbocycles. The van der Waals surface area contributed by atoms with Crippen molar-refractivity contribution in [3.8, 4) is 0 Å². The van der Waals surface area contributed by atoms with Crippen molar-refractivity contribution >= 4 is 44.3 Å². The number of Topliss-reactive ketones (excluding diaryl/α,β-unsaturated/α-hetero) is 1. The Morgan fingerprint density at radius 2 is 1.86 bits per heavy atom. The normalized spacial score (nSPS) is 23.5. The Kier molecular flexibility index (Phi) is 5.44. The van der Waals surface area contributed by atoms with Crippen LogP contribution in [0.5, 0.6) is 0 Å². The minimum absolute atomic E-state index is 0.00743. The van der Waals surface area contributed by atoms with Crippen LogP contribution in [0.25, 0.3) is 10.2 Å². The number of methoxy groups -OCH3 is 1. The molecule has 3 heterocycles. The molecule has 3 aromatic rings. The second-order valence-electron chi connectivity index (χ2n) is 9.77. The highest BCUT2D eigenvalue weighted by Crippen LogP contribution is 2.49. The van der Waals surface area contributed by atoms with Crippen LogP contribution in [0.4, 0.5) is 5.13 Å². The van der Waals surface area contributed by atoms with Gasteiger partial charge in [0.1, 0.15) is 6.10 Å². The number of nitrogens with zero attached hydrogens (tertiary/aromatic N) is 2. The number of aromatic nitrogens is 1. The second kappa shape index (κ2) is 8.55. The molecule has 0 saturated heterocycles. The van der Waals surface area contributed by atoms with Gasteiger partial charge in [0.2, 0.25) is 0 Å². The summed E-state index contributed by atoms with van der Waals surface area (Å²) in [6.07, 6.45) is 3.26. The first-order valence-electron chi connectivity index (χ1n) is 12.2. The van der Waals surface area contributed by atoms with Crippen LogP contribution in [0, 0.1) is 19.8 Å². The van der Waals surface area contributed by atoms with Gasteiger partial charge in [-0.2, -0.15) is 0 Å². The number of amides is 1. The lowest BCUT2D eigenvalue weighted by Gasteiger charge is -2.35. The van der Waals surface area contributed by atoms with E-state index in [0.717, 1.165) is 52.6 Å². The smallest absolute Gasteiger partial charge is 0.337 e. The summed E-state index contributed by atoms with van der Waals surface area (Å²) in [5.74, 6) is -0.871. The van der Waals surface area contributed by atoms with E-state index in [1.54, 1.807) is 29.2 Å². The van der Waals surface area contributed by atoms with Crippen LogP contribution in [0.2, 0.25) is 0 Å². The summed E-state index contributed by atoms with van der Waals surface area (Å²) in [5, 5.41) is 0.527. The number of fused-ring (bicyclic) bond motifs is 2. The number of ketones is 1. The molecular weight excluding hydrogens is 476 g/mol. The highest BCUT2D eigenvalue weighted by Gasteiger charge is 2.53.